The standard InChI is InChI=1S/C14H13N3O6S2/c1-23-14(18)13-12(10-6-15-7-11(10)24-13)16-25(21,22)9-4-2-8(3-5-9)17(19)20/h2-5,15-16H,6-7H2,1H3. The summed E-state index contributed by atoms with van der Waals surface area (Å²) in [6.45, 7) is 0.976. The Morgan fingerprint density at radius 2 is 2.00 bits per heavy atom. The van der Waals surface area contributed by atoms with Crippen LogP contribution in [-0.4, -0.2) is 26.4 Å². The van der Waals surface area contributed by atoms with Crippen LogP contribution in [0.5, 0.6) is 0 Å². The number of anilines is 1. The molecule has 2 aromatic rings. The molecule has 9 nitrogen and oxygen atoms in total. The zero-order valence-electron chi connectivity index (χ0n) is 12.9. The van der Waals surface area contributed by atoms with Crippen LogP contribution >= 0.6 is 11.3 Å². The molecule has 25 heavy (non-hydrogen) atoms. The van der Waals surface area contributed by atoms with Crippen LogP contribution in [0.4, 0.5) is 11.4 Å². The highest BCUT2D eigenvalue weighted by molar-refractivity contribution is 7.92. The van der Waals surface area contributed by atoms with E-state index in [2.05, 4.69) is 10.0 Å². The molecule has 0 saturated heterocycles. The first-order valence-corrected chi connectivity index (χ1v) is 9.34. The minimum atomic E-state index is -4.01. The number of ether oxygens (including phenoxy) is 1. The summed E-state index contributed by atoms with van der Waals surface area (Å²) in [5.74, 6) is -0.624. The van der Waals surface area contributed by atoms with Crippen LogP contribution in [0.1, 0.15) is 20.1 Å². The average Bonchev–Trinajstić information content (AvgIpc) is 3.17. The molecule has 0 spiro atoms. The number of nitrogens with one attached hydrogen (secondary N) is 2. The maximum Gasteiger partial charge on any atom is 0.350 e. The molecule has 2 N–H and O–H groups in total. The van der Waals surface area contributed by atoms with E-state index in [1.54, 1.807) is 0 Å². The Labute approximate surface area is 146 Å². The van der Waals surface area contributed by atoms with Gasteiger partial charge in [0.05, 0.1) is 22.6 Å². The van der Waals surface area contributed by atoms with Crippen molar-refractivity contribution in [3.63, 3.8) is 0 Å². The number of hydrogen-bond donors (Lipinski definition) is 2. The lowest BCUT2D eigenvalue weighted by Gasteiger charge is -2.10. The fourth-order valence-electron chi connectivity index (χ4n) is 2.43. The first kappa shape index (κ1) is 17.3. The van der Waals surface area contributed by atoms with Crippen LogP contribution in [0, 0.1) is 10.1 Å². The topological polar surface area (TPSA) is 128 Å². The fourth-order valence-corrected chi connectivity index (χ4v) is 4.76. The van der Waals surface area contributed by atoms with Gasteiger partial charge in [0, 0.05) is 35.7 Å². The number of esters is 1. The second kappa shape index (κ2) is 6.43. The van der Waals surface area contributed by atoms with Gasteiger partial charge >= 0.3 is 5.97 Å². The van der Waals surface area contributed by atoms with E-state index in [9.17, 15) is 23.3 Å². The van der Waals surface area contributed by atoms with Crippen LogP contribution in [0.25, 0.3) is 0 Å². The molecule has 3 rings (SSSR count). The number of fused-ring (bicyclic) bond motifs is 1. The highest BCUT2D eigenvalue weighted by Gasteiger charge is 2.29. The predicted molar refractivity (Wildman–Crippen MR) is 90.1 cm³/mol. The molecule has 132 valence electrons. The summed E-state index contributed by atoms with van der Waals surface area (Å²) in [5.41, 5.74) is 0.681. The quantitative estimate of drug-likeness (QED) is 0.458. The van der Waals surface area contributed by atoms with Crippen molar-refractivity contribution in [1.82, 2.24) is 5.32 Å². The Morgan fingerprint density at radius 3 is 2.60 bits per heavy atom. The molecular weight excluding hydrogens is 370 g/mol. The Bertz CT molecular complexity index is 950. The van der Waals surface area contributed by atoms with Gasteiger partial charge in [-0.2, -0.15) is 0 Å². The molecule has 0 fully saturated rings. The van der Waals surface area contributed by atoms with Crippen LogP contribution < -0.4 is 10.0 Å². The van der Waals surface area contributed by atoms with Gasteiger partial charge in [-0.1, -0.05) is 0 Å². The van der Waals surface area contributed by atoms with E-state index in [1.165, 1.54) is 18.4 Å². The molecule has 0 atom stereocenters. The highest BCUT2D eigenvalue weighted by atomic mass is 32.2. The van der Waals surface area contributed by atoms with Gasteiger partial charge in [0.2, 0.25) is 0 Å². The van der Waals surface area contributed by atoms with Crippen LogP contribution in [0.3, 0.4) is 0 Å². The van der Waals surface area contributed by atoms with Crippen molar-refractivity contribution in [2.24, 2.45) is 0 Å². The van der Waals surface area contributed by atoms with Crippen molar-refractivity contribution in [3.8, 4) is 0 Å². The lowest BCUT2D eigenvalue weighted by molar-refractivity contribution is -0.384. The van der Waals surface area contributed by atoms with E-state index in [1.807, 2.05) is 0 Å². The molecule has 0 aliphatic carbocycles. The number of non-ortho nitro benzene ring substituents is 1. The van der Waals surface area contributed by atoms with E-state index in [-0.39, 0.29) is 21.1 Å². The first-order chi connectivity index (χ1) is 11.8. The van der Waals surface area contributed by atoms with Crippen molar-refractivity contribution in [2.45, 2.75) is 18.0 Å². The van der Waals surface area contributed by atoms with Gasteiger partial charge in [-0.3, -0.25) is 14.8 Å². The van der Waals surface area contributed by atoms with Gasteiger partial charge in [0.25, 0.3) is 15.7 Å². The fraction of sp³-hybridized carbons (Fsp3) is 0.214. The van der Waals surface area contributed by atoms with Gasteiger partial charge in [0.15, 0.2) is 0 Å². The van der Waals surface area contributed by atoms with Crippen molar-refractivity contribution < 1.29 is 22.9 Å². The lowest BCUT2D eigenvalue weighted by Crippen LogP contribution is -2.16. The van der Waals surface area contributed by atoms with Crippen molar-refractivity contribution in [2.75, 3.05) is 11.8 Å². The Hall–Kier alpha value is -2.50. The number of benzene rings is 1. The van der Waals surface area contributed by atoms with E-state index in [0.29, 0.717) is 18.7 Å². The lowest BCUT2D eigenvalue weighted by atomic mass is 10.2. The number of sulfonamides is 1. The minimum absolute atomic E-state index is 0.139. The number of hydrogen-bond acceptors (Lipinski definition) is 8. The van der Waals surface area contributed by atoms with Crippen LogP contribution in [-0.2, 0) is 27.8 Å². The van der Waals surface area contributed by atoms with Gasteiger partial charge < -0.3 is 10.1 Å². The van der Waals surface area contributed by atoms with Crippen molar-refractivity contribution in [1.29, 1.82) is 0 Å². The molecular formula is C14H13N3O6S2. The van der Waals surface area contributed by atoms with E-state index < -0.39 is 20.9 Å². The molecule has 1 aliphatic heterocycles. The van der Waals surface area contributed by atoms with Gasteiger partial charge in [-0.05, 0) is 12.1 Å². The SMILES string of the molecule is COC(=O)c1sc2c(c1NS(=O)(=O)c1ccc([N+](=O)[O-])cc1)CNC2. The zero-order chi connectivity index (χ0) is 18.2. The molecule has 1 aromatic heterocycles. The van der Waals surface area contributed by atoms with Gasteiger partial charge in [-0.15, -0.1) is 11.3 Å². The first-order valence-electron chi connectivity index (χ1n) is 7.04. The average molecular weight is 383 g/mol. The minimum Gasteiger partial charge on any atom is -0.465 e. The maximum atomic E-state index is 12.6. The zero-order valence-corrected chi connectivity index (χ0v) is 14.6. The number of nitrogens with zero attached hydrogens (tertiary/aromatic N) is 1. The third-order valence-corrected chi connectivity index (χ3v) is 6.22. The number of carbonyl (C=O) groups excluding carboxylic acids is 1. The summed E-state index contributed by atoms with van der Waals surface area (Å²) in [5, 5.41) is 13.8. The summed E-state index contributed by atoms with van der Waals surface area (Å²) >= 11 is 1.17. The number of nitro groups is 1. The second-order valence-corrected chi connectivity index (χ2v) is 7.95. The molecule has 0 bridgehead atoms. The molecule has 0 amide bonds. The maximum absolute atomic E-state index is 12.6. The number of thiophene rings is 1. The Balaban J connectivity index is 1.98. The Kier molecular flexibility index (Phi) is 4.45. The molecule has 0 saturated carbocycles. The summed E-state index contributed by atoms with van der Waals surface area (Å²) in [6, 6.07) is 4.50. The molecule has 0 unspecified atom stereocenters. The van der Waals surface area contributed by atoms with E-state index in [0.717, 1.165) is 29.1 Å². The number of carbonyl (C=O) groups is 1. The smallest absolute Gasteiger partial charge is 0.350 e. The van der Waals surface area contributed by atoms with Crippen LogP contribution in [0.15, 0.2) is 29.2 Å². The normalized spacial score (nSPS) is 13.3. The number of rotatable bonds is 5. The summed E-state index contributed by atoms with van der Waals surface area (Å²) in [6.07, 6.45) is 0. The largest absolute Gasteiger partial charge is 0.465 e. The monoisotopic (exact) mass is 383 g/mol. The summed E-state index contributed by atoms with van der Waals surface area (Å²) in [7, 11) is -2.79. The predicted octanol–water partition coefficient (Wildman–Crippen LogP) is 1.85. The summed E-state index contributed by atoms with van der Waals surface area (Å²) in [4.78, 5) is 22.9. The highest BCUT2D eigenvalue weighted by Crippen LogP contribution is 2.38. The molecule has 11 heteroatoms. The van der Waals surface area contributed by atoms with Gasteiger partial charge in [0.1, 0.15) is 4.88 Å². The molecule has 1 aromatic carbocycles. The molecule has 2 heterocycles. The van der Waals surface area contributed by atoms with Crippen molar-refractivity contribution >= 4 is 38.7 Å². The third-order valence-electron chi connectivity index (χ3n) is 3.64. The van der Waals surface area contributed by atoms with Crippen LogP contribution in [0.2, 0.25) is 0 Å². The molecule has 1 aliphatic rings. The second-order valence-electron chi connectivity index (χ2n) is 5.16. The number of nitro benzene ring substituents is 1. The Morgan fingerprint density at radius 1 is 1.32 bits per heavy atom. The summed E-state index contributed by atoms with van der Waals surface area (Å²) < 4.78 is 32.3. The molecule has 0 radical (unpaired) electrons. The van der Waals surface area contributed by atoms with E-state index in [4.69, 9.17) is 4.74 Å². The van der Waals surface area contributed by atoms with Gasteiger partial charge in [-0.25, -0.2) is 13.2 Å². The van der Waals surface area contributed by atoms with Crippen molar-refractivity contribution in [3.05, 3.63) is 49.7 Å². The van der Waals surface area contributed by atoms with E-state index >= 15 is 0 Å². The number of methoxy groups -OCH3 is 1. The third kappa shape index (κ3) is 3.21.